The van der Waals surface area contributed by atoms with Crippen molar-refractivity contribution in [3.05, 3.63) is 0 Å². The highest BCUT2D eigenvalue weighted by Gasteiger charge is 2.62. The minimum absolute atomic E-state index is 0.0314. The van der Waals surface area contributed by atoms with Gasteiger partial charge in [-0.25, -0.2) is 0 Å². The van der Waals surface area contributed by atoms with Gasteiger partial charge in [-0.2, -0.15) is 13.2 Å². The fourth-order valence-electron chi connectivity index (χ4n) is 5.44. The van der Waals surface area contributed by atoms with E-state index in [9.17, 15) is 23.1 Å². The largest absolute Gasteiger partial charge is 0.458 e. The third kappa shape index (κ3) is 2.57. The summed E-state index contributed by atoms with van der Waals surface area (Å²) in [4.78, 5) is 12.4. The van der Waals surface area contributed by atoms with Crippen molar-refractivity contribution in [1.29, 1.82) is 0 Å². The molecule has 3 unspecified atom stereocenters. The van der Waals surface area contributed by atoms with Crippen molar-refractivity contribution < 1.29 is 27.8 Å². The first-order valence-corrected chi connectivity index (χ1v) is 8.48. The topological polar surface area (TPSA) is 46.5 Å². The Morgan fingerprint density at radius 1 is 1.22 bits per heavy atom. The van der Waals surface area contributed by atoms with Crippen LogP contribution in [-0.2, 0) is 9.53 Å². The summed E-state index contributed by atoms with van der Waals surface area (Å²) in [5.74, 6) is -0.438. The van der Waals surface area contributed by atoms with Crippen molar-refractivity contribution in [3.8, 4) is 0 Å². The molecule has 3 atom stereocenters. The zero-order chi connectivity index (χ0) is 17.1. The number of hydrogen-bond acceptors (Lipinski definition) is 3. The molecule has 132 valence electrons. The SMILES string of the molecule is CCC(C)(C(=O)OC12CC3CC(CC(CO)(C3)C1)C2)C(F)(F)F. The number of aliphatic hydroxyl groups is 1. The van der Waals surface area contributed by atoms with Gasteiger partial charge in [0.1, 0.15) is 5.60 Å². The smallest absolute Gasteiger partial charge is 0.404 e. The highest BCUT2D eigenvalue weighted by Crippen LogP contribution is 2.63. The molecule has 4 fully saturated rings. The Bertz CT molecular complexity index is 488. The average Bonchev–Trinajstić information content (AvgIpc) is 2.43. The molecular weight excluding hydrogens is 309 g/mol. The number of esters is 1. The van der Waals surface area contributed by atoms with Gasteiger partial charge in [0.05, 0.1) is 0 Å². The molecule has 0 saturated heterocycles. The number of hydrogen-bond donors (Lipinski definition) is 1. The van der Waals surface area contributed by atoms with Crippen LogP contribution in [-0.4, -0.2) is 29.5 Å². The number of carbonyl (C=O) groups excluding carboxylic acids is 1. The number of carbonyl (C=O) groups is 1. The molecular formula is C17H25F3O3. The average molecular weight is 334 g/mol. The van der Waals surface area contributed by atoms with Crippen LogP contribution in [0.2, 0.25) is 0 Å². The summed E-state index contributed by atoms with van der Waals surface area (Å²) in [6.07, 6.45) is -0.284. The first-order chi connectivity index (χ1) is 10.6. The van der Waals surface area contributed by atoms with E-state index in [4.69, 9.17) is 4.74 Å². The van der Waals surface area contributed by atoms with Gasteiger partial charge in [-0.3, -0.25) is 4.79 Å². The Hall–Kier alpha value is -0.780. The van der Waals surface area contributed by atoms with Crippen molar-refractivity contribution in [3.63, 3.8) is 0 Å². The van der Waals surface area contributed by atoms with Crippen molar-refractivity contribution in [2.24, 2.45) is 22.7 Å². The molecule has 4 saturated carbocycles. The predicted octanol–water partition coefficient (Wildman–Crippen LogP) is 3.84. The molecule has 6 heteroatoms. The fraction of sp³-hybridized carbons (Fsp3) is 0.941. The van der Waals surface area contributed by atoms with Crippen LogP contribution in [0.25, 0.3) is 0 Å². The van der Waals surface area contributed by atoms with Crippen LogP contribution >= 0.6 is 0 Å². The van der Waals surface area contributed by atoms with Crippen LogP contribution in [0.15, 0.2) is 0 Å². The maximum Gasteiger partial charge on any atom is 0.404 e. The Morgan fingerprint density at radius 3 is 2.22 bits per heavy atom. The molecule has 0 radical (unpaired) electrons. The van der Waals surface area contributed by atoms with Gasteiger partial charge in [-0.1, -0.05) is 6.92 Å². The van der Waals surface area contributed by atoms with Crippen LogP contribution < -0.4 is 0 Å². The number of halogens is 3. The summed E-state index contributed by atoms with van der Waals surface area (Å²) >= 11 is 0. The summed E-state index contributed by atoms with van der Waals surface area (Å²) < 4.78 is 45.5. The van der Waals surface area contributed by atoms with E-state index in [2.05, 4.69) is 0 Å². The van der Waals surface area contributed by atoms with Crippen LogP contribution in [0.1, 0.15) is 58.8 Å². The van der Waals surface area contributed by atoms with E-state index in [0.29, 0.717) is 31.1 Å². The number of aliphatic hydroxyl groups excluding tert-OH is 1. The van der Waals surface area contributed by atoms with E-state index >= 15 is 0 Å². The number of alkyl halides is 3. The van der Waals surface area contributed by atoms with Crippen LogP contribution in [0, 0.1) is 22.7 Å². The van der Waals surface area contributed by atoms with Gasteiger partial charge in [-0.05, 0) is 69.1 Å². The number of rotatable bonds is 4. The molecule has 1 N–H and O–H groups in total. The molecule has 0 aliphatic heterocycles. The maximum absolute atomic E-state index is 13.3. The monoisotopic (exact) mass is 334 g/mol. The second-order valence-corrected chi connectivity index (χ2v) is 8.38. The Kier molecular flexibility index (Phi) is 3.79. The summed E-state index contributed by atoms with van der Waals surface area (Å²) in [6.45, 7) is 2.32. The van der Waals surface area contributed by atoms with E-state index in [1.165, 1.54) is 6.92 Å². The highest BCUT2D eigenvalue weighted by atomic mass is 19.4. The minimum Gasteiger partial charge on any atom is -0.458 e. The number of ether oxygens (including phenoxy) is 1. The fourth-order valence-corrected chi connectivity index (χ4v) is 5.44. The lowest BCUT2D eigenvalue weighted by Crippen LogP contribution is -2.60. The highest BCUT2D eigenvalue weighted by molar-refractivity contribution is 5.78. The van der Waals surface area contributed by atoms with E-state index < -0.39 is 23.2 Å². The second kappa shape index (κ2) is 5.11. The third-order valence-corrected chi connectivity index (χ3v) is 6.56. The van der Waals surface area contributed by atoms with Crippen molar-refractivity contribution in [2.75, 3.05) is 6.61 Å². The first-order valence-electron chi connectivity index (χ1n) is 8.48. The molecule has 4 bridgehead atoms. The van der Waals surface area contributed by atoms with Gasteiger partial charge >= 0.3 is 12.1 Å². The van der Waals surface area contributed by atoms with Gasteiger partial charge in [0.15, 0.2) is 5.41 Å². The van der Waals surface area contributed by atoms with E-state index in [0.717, 1.165) is 26.2 Å². The van der Waals surface area contributed by atoms with Crippen molar-refractivity contribution in [2.45, 2.75) is 70.6 Å². The molecule has 0 amide bonds. The third-order valence-electron chi connectivity index (χ3n) is 6.56. The normalized spacial score (nSPS) is 41.7. The lowest BCUT2D eigenvalue weighted by atomic mass is 9.48. The van der Waals surface area contributed by atoms with Crippen LogP contribution in [0.3, 0.4) is 0 Å². The summed E-state index contributed by atoms with van der Waals surface area (Å²) in [7, 11) is 0. The minimum atomic E-state index is -4.62. The molecule has 3 nitrogen and oxygen atoms in total. The molecule has 0 spiro atoms. The van der Waals surface area contributed by atoms with Gasteiger partial charge in [0.25, 0.3) is 0 Å². The molecule has 0 heterocycles. The standard InChI is InChI=1S/C17H25F3O3/c1-3-14(2,17(18,19)20)13(22)23-16-7-11-4-12(8-16)6-15(5-11,9-16)10-21/h11-12,21H,3-10H2,1-2H3. The summed E-state index contributed by atoms with van der Waals surface area (Å²) in [5, 5.41) is 9.79. The molecule has 0 aromatic heterocycles. The lowest BCUT2D eigenvalue weighted by Gasteiger charge is -2.61. The molecule has 4 aliphatic rings. The molecule has 4 aliphatic carbocycles. The van der Waals surface area contributed by atoms with E-state index in [1.807, 2.05) is 0 Å². The summed E-state index contributed by atoms with van der Waals surface area (Å²) in [5.41, 5.74) is -3.51. The maximum atomic E-state index is 13.3. The predicted molar refractivity (Wildman–Crippen MR) is 77.5 cm³/mol. The van der Waals surface area contributed by atoms with Crippen LogP contribution in [0.4, 0.5) is 13.2 Å². The van der Waals surface area contributed by atoms with Gasteiger partial charge in [0.2, 0.25) is 0 Å². The quantitative estimate of drug-likeness (QED) is 0.795. The van der Waals surface area contributed by atoms with Crippen LogP contribution in [0.5, 0.6) is 0 Å². The van der Waals surface area contributed by atoms with Gasteiger partial charge < -0.3 is 9.84 Å². The first kappa shape index (κ1) is 17.1. The lowest BCUT2D eigenvalue weighted by molar-refractivity contribution is -0.252. The van der Waals surface area contributed by atoms with Gasteiger partial charge in [0, 0.05) is 6.61 Å². The molecule has 23 heavy (non-hydrogen) atoms. The molecule has 0 aromatic rings. The molecule has 4 rings (SSSR count). The van der Waals surface area contributed by atoms with E-state index in [1.54, 1.807) is 0 Å². The second-order valence-electron chi connectivity index (χ2n) is 8.38. The van der Waals surface area contributed by atoms with Crippen molar-refractivity contribution >= 4 is 5.97 Å². The Balaban J connectivity index is 1.84. The van der Waals surface area contributed by atoms with E-state index in [-0.39, 0.29) is 18.4 Å². The Labute approximate surface area is 134 Å². The summed E-state index contributed by atoms with van der Waals surface area (Å²) in [6, 6.07) is 0. The van der Waals surface area contributed by atoms with Crippen molar-refractivity contribution in [1.82, 2.24) is 0 Å². The van der Waals surface area contributed by atoms with Gasteiger partial charge in [-0.15, -0.1) is 0 Å². The zero-order valence-corrected chi connectivity index (χ0v) is 13.7. The Morgan fingerprint density at radius 2 is 1.78 bits per heavy atom. The molecule has 0 aromatic carbocycles. The zero-order valence-electron chi connectivity index (χ0n) is 13.7.